The van der Waals surface area contributed by atoms with Crippen LogP contribution in [0, 0.1) is 0 Å². The molecular formula is C13H18ClN3O2. The first kappa shape index (κ1) is 14.1. The number of benzene rings is 1. The van der Waals surface area contributed by atoms with Crippen molar-refractivity contribution in [2.24, 2.45) is 0 Å². The number of carbonyl (C=O) groups excluding carboxylic acids is 1. The largest absolute Gasteiger partial charge is 0.399 e. The van der Waals surface area contributed by atoms with Gasteiger partial charge in [-0.1, -0.05) is 11.6 Å². The topological polar surface area (TPSA) is 67.6 Å². The first-order valence-corrected chi connectivity index (χ1v) is 6.56. The summed E-state index contributed by atoms with van der Waals surface area (Å²) in [6.07, 6.45) is 1.19. The third-order valence-electron chi connectivity index (χ3n) is 3.19. The van der Waals surface area contributed by atoms with Gasteiger partial charge in [0.05, 0.1) is 23.4 Å². The molecule has 0 aliphatic carbocycles. The second-order valence-corrected chi connectivity index (χ2v) is 5.08. The van der Waals surface area contributed by atoms with Crippen molar-refractivity contribution in [3.63, 3.8) is 0 Å². The Morgan fingerprint density at radius 1 is 1.63 bits per heavy atom. The van der Waals surface area contributed by atoms with Crippen LogP contribution in [0.25, 0.3) is 0 Å². The number of halogens is 1. The average molecular weight is 284 g/mol. The van der Waals surface area contributed by atoms with Gasteiger partial charge < -0.3 is 15.8 Å². The van der Waals surface area contributed by atoms with E-state index in [0.717, 1.165) is 19.5 Å². The zero-order chi connectivity index (χ0) is 13.8. The van der Waals surface area contributed by atoms with Gasteiger partial charge in [0.25, 0.3) is 0 Å². The van der Waals surface area contributed by atoms with E-state index in [-0.39, 0.29) is 12.0 Å². The molecule has 0 saturated carbocycles. The molecule has 1 fully saturated rings. The van der Waals surface area contributed by atoms with E-state index in [1.54, 1.807) is 25.3 Å². The quantitative estimate of drug-likeness (QED) is 0.824. The predicted molar refractivity (Wildman–Crippen MR) is 76.3 cm³/mol. The molecule has 1 saturated heterocycles. The molecule has 1 aliphatic rings. The molecule has 1 atom stereocenters. The summed E-state index contributed by atoms with van der Waals surface area (Å²) in [5.74, 6) is -0.0933. The number of carbonyl (C=O) groups is 1. The zero-order valence-corrected chi connectivity index (χ0v) is 11.6. The van der Waals surface area contributed by atoms with E-state index in [0.29, 0.717) is 22.9 Å². The minimum Gasteiger partial charge on any atom is -0.399 e. The molecule has 1 aromatic rings. The van der Waals surface area contributed by atoms with Gasteiger partial charge in [0.2, 0.25) is 5.91 Å². The number of hydrogen-bond donors (Lipinski definition) is 2. The van der Waals surface area contributed by atoms with Crippen molar-refractivity contribution in [3.05, 3.63) is 23.2 Å². The van der Waals surface area contributed by atoms with E-state index in [1.165, 1.54) is 0 Å². The van der Waals surface area contributed by atoms with Crippen LogP contribution in [0.5, 0.6) is 0 Å². The number of amides is 1. The van der Waals surface area contributed by atoms with Crippen LogP contribution in [0.4, 0.5) is 11.4 Å². The van der Waals surface area contributed by atoms with Crippen molar-refractivity contribution in [2.75, 3.05) is 37.8 Å². The summed E-state index contributed by atoms with van der Waals surface area (Å²) in [5.41, 5.74) is 6.79. The van der Waals surface area contributed by atoms with Crippen molar-refractivity contribution < 1.29 is 9.53 Å². The molecular weight excluding hydrogens is 266 g/mol. The van der Waals surface area contributed by atoms with E-state index in [4.69, 9.17) is 22.1 Å². The van der Waals surface area contributed by atoms with Crippen molar-refractivity contribution in [2.45, 2.75) is 12.5 Å². The molecule has 0 spiro atoms. The SMILES string of the molecule is COC1CCN(CC(=O)Nc2cc(N)ccc2Cl)C1. The minimum atomic E-state index is -0.0933. The van der Waals surface area contributed by atoms with Crippen molar-refractivity contribution in [1.82, 2.24) is 4.90 Å². The second-order valence-electron chi connectivity index (χ2n) is 4.67. The lowest BCUT2D eigenvalue weighted by Crippen LogP contribution is -2.32. The molecule has 5 nitrogen and oxygen atoms in total. The Bertz CT molecular complexity index is 467. The number of nitrogens with two attached hydrogens (primary N) is 1. The van der Waals surface area contributed by atoms with Gasteiger partial charge in [0.15, 0.2) is 0 Å². The van der Waals surface area contributed by atoms with Gasteiger partial charge in [-0.25, -0.2) is 0 Å². The van der Waals surface area contributed by atoms with Crippen LogP contribution in [0.3, 0.4) is 0 Å². The Kier molecular flexibility index (Phi) is 4.63. The molecule has 0 radical (unpaired) electrons. The van der Waals surface area contributed by atoms with Gasteiger partial charge in [-0.3, -0.25) is 9.69 Å². The number of ether oxygens (including phenoxy) is 1. The van der Waals surface area contributed by atoms with Crippen molar-refractivity contribution in [3.8, 4) is 0 Å². The first-order valence-electron chi connectivity index (χ1n) is 6.18. The molecule has 104 valence electrons. The Balaban J connectivity index is 1.89. The number of rotatable bonds is 4. The molecule has 19 heavy (non-hydrogen) atoms. The van der Waals surface area contributed by atoms with Crippen LogP contribution < -0.4 is 11.1 Å². The fraction of sp³-hybridized carbons (Fsp3) is 0.462. The summed E-state index contributed by atoms with van der Waals surface area (Å²) < 4.78 is 5.27. The highest BCUT2D eigenvalue weighted by molar-refractivity contribution is 6.33. The number of nitrogens with one attached hydrogen (secondary N) is 1. The maximum absolute atomic E-state index is 11.9. The number of likely N-dealkylation sites (tertiary alicyclic amines) is 1. The minimum absolute atomic E-state index is 0.0933. The van der Waals surface area contributed by atoms with E-state index >= 15 is 0 Å². The third-order valence-corrected chi connectivity index (χ3v) is 3.52. The summed E-state index contributed by atoms with van der Waals surface area (Å²) in [5, 5.41) is 3.26. The standard InChI is InChI=1S/C13H18ClN3O2/c1-19-10-4-5-17(7-10)8-13(18)16-12-6-9(15)2-3-11(12)14/h2-3,6,10H,4-5,7-8,15H2,1H3,(H,16,18). The van der Waals surface area contributed by atoms with Crippen LogP contribution in [0.1, 0.15) is 6.42 Å². The Morgan fingerprint density at radius 2 is 2.42 bits per heavy atom. The lowest BCUT2D eigenvalue weighted by molar-refractivity contribution is -0.117. The first-order chi connectivity index (χ1) is 9.08. The second kappa shape index (κ2) is 6.23. The van der Waals surface area contributed by atoms with Crippen LogP contribution in [0.15, 0.2) is 18.2 Å². The van der Waals surface area contributed by atoms with Gasteiger partial charge in [0, 0.05) is 25.9 Å². The highest BCUT2D eigenvalue weighted by atomic mass is 35.5. The summed E-state index contributed by atoms with van der Waals surface area (Å²) in [6.45, 7) is 2.00. The maximum atomic E-state index is 11.9. The normalized spacial score (nSPS) is 19.6. The van der Waals surface area contributed by atoms with Crippen LogP contribution in [0.2, 0.25) is 5.02 Å². The van der Waals surface area contributed by atoms with E-state index < -0.39 is 0 Å². The fourth-order valence-corrected chi connectivity index (χ4v) is 2.33. The lowest BCUT2D eigenvalue weighted by atomic mass is 10.3. The highest BCUT2D eigenvalue weighted by Crippen LogP contribution is 2.24. The van der Waals surface area contributed by atoms with Crippen LogP contribution in [-0.2, 0) is 9.53 Å². The monoisotopic (exact) mass is 283 g/mol. The van der Waals surface area contributed by atoms with Gasteiger partial charge in [0.1, 0.15) is 0 Å². The molecule has 0 aromatic heterocycles. The molecule has 1 heterocycles. The van der Waals surface area contributed by atoms with Gasteiger partial charge in [-0.15, -0.1) is 0 Å². The van der Waals surface area contributed by atoms with Gasteiger partial charge >= 0.3 is 0 Å². The fourth-order valence-electron chi connectivity index (χ4n) is 2.16. The Hall–Kier alpha value is -1.30. The number of nitrogen functional groups attached to an aromatic ring is 1. The van der Waals surface area contributed by atoms with Gasteiger partial charge in [-0.05, 0) is 24.6 Å². The lowest BCUT2D eigenvalue weighted by Gasteiger charge is -2.15. The third kappa shape index (κ3) is 3.83. The number of methoxy groups -OCH3 is 1. The van der Waals surface area contributed by atoms with Crippen molar-refractivity contribution >= 4 is 28.9 Å². The predicted octanol–water partition coefficient (Wildman–Crippen LogP) is 1.58. The molecule has 6 heteroatoms. The summed E-state index contributed by atoms with van der Waals surface area (Å²) in [6, 6.07) is 5.02. The molecule has 1 amide bonds. The molecule has 1 aliphatic heterocycles. The number of nitrogens with zero attached hydrogens (tertiary/aromatic N) is 1. The smallest absolute Gasteiger partial charge is 0.238 e. The number of anilines is 2. The van der Waals surface area contributed by atoms with Gasteiger partial charge in [-0.2, -0.15) is 0 Å². The Labute approximate surface area is 117 Å². The molecule has 2 rings (SSSR count). The average Bonchev–Trinajstić information content (AvgIpc) is 2.81. The van der Waals surface area contributed by atoms with Crippen LogP contribution in [-0.4, -0.2) is 43.7 Å². The van der Waals surface area contributed by atoms with Crippen molar-refractivity contribution in [1.29, 1.82) is 0 Å². The van der Waals surface area contributed by atoms with E-state index in [9.17, 15) is 4.79 Å². The maximum Gasteiger partial charge on any atom is 0.238 e. The number of hydrogen-bond acceptors (Lipinski definition) is 4. The molecule has 3 N–H and O–H groups in total. The molecule has 1 unspecified atom stereocenters. The van der Waals surface area contributed by atoms with Crippen LogP contribution >= 0.6 is 11.6 Å². The summed E-state index contributed by atoms with van der Waals surface area (Å²) >= 11 is 6.00. The summed E-state index contributed by atoms with van der Waals surface area (Å²) in [4.78, 5) is 14.0. The summed E-state index contributed by atoms with van der Waals surface area (Å²) in [7, 11) is 1.70. The zero-order valence-electron chi connectivity index (χ0n) is 10.9. The van der Waals surface area contributed by atoms with E-state index in [2.05, 4.69) is 10.2 Å². The molecule has 1 aromatic carbocycles. The Morgan fingerprint density at radius 3 is 3.11 bits per heavy atom. The highest BCUT2D eigenvalue weighted by Gasteiger charge is 2.23. The van der Waals surface area contributed by atoms with E-state index in [1.807, 2.05) is 0 Å². The molecule has 0 bridgehead atoms.